The highest BCUT2D eigenvalue weighted by atomic mass is 14.1. The third-order valence-electron chi connectivity index (χ3n) is 4.83. The predicted octanol–water partition coefficient (Wildman–Crippen LogP) is 8.30. The van der Waals surface area contributed by atoms with Crippen molar-refractivity contribution in [1.82, 2.24) is 0 Å². The molecule has 0 aromatic carbocycles. The molecule has 23 heavy (non-hydrogen) atoms. The summed E-state index contributed by atoms with van der Waals surface area (Å²) in [7, 11) is 0. The summed E-state index contributed by atoms with van der Waals surface area (Å²) in [6.07, 6.45) is 23.2. The van der Waals surface area contributed by atoms with Gasteiger partial charge in [0.15, 0.2) is 0 Å². The molecule has 0 aliphatic rings. The molecule has 0 aliphatic carbocycles. The van der Waals surface area contributed by atoms with Crippen molar-refractivity contribution in [3.63, 3.8) is 0 Å². The summed E-state index contributed by atoms with van der Waals surface area (Å²) in [6, 6.07) is 0. The molecule has 0 amide bonds. The van der Waals surface area contributed by atoms with Crippen molar-refractivity contribution in [2.75, 3.05) is 0 Å². The van der Waals surface area contributed by atoms with Gasteiger partial charge in [0.2, 0.25) is 0 Å². The standard InChI is InChI=1S/C23H44/c1-4-6-8-10-11-12-13-14-15-16-18-20-22-23(3)21-19-17-9-7-5-2/h23H,4-10,13-22H2,1-3H3. The van der Waals surface area contributed by atoms with Crippen LogP contribution in [0.15, 0.2) is 0 Å². The zero-order valence-electron chi connectivity index (χ0n) is 16.6. The molecule has 0 aliphatic heterocycles. The van der Waals surface area contributed by atoms with Crippen LogP contribution in [-0.4, -0.2) is 0 Å². The molecule has 0 nitrogen and oxygen atoms in total. The number of hydrogen-bond donors (Lipinski definition) is 0. The normalized spacial score (nSPS) is 12.0. The van der Waals surface area contributed by atoms with Gasteiger partial charge < -0.3 is 0 Å². The Morgan fingerprint density at radius 3 is 1.48 bits per heavy atom. The fraction of sp³-hybridized carbons (Fsp3) is 0.913. The minimum Gasteiger partial charge on any atom is -0.103 e. The molecule has 0 heteroatoms. The number of rotatable bonds is 16. The van der Waals surface area contributed by atoms with Crippen LogP contribution in [0.1, 0.15) is 130 Å². The lowest BCUT2D eigenvalue weighted by atomic mass is 9.96. The Morgan fingerprint density at radius 1 is 0.522 bits per heavy atom. The molecule has 136 valence electrons. The van der Waals surface area contributed by atoms with Crippen LogP contribution in [0.25, 0.3) is 0 Å². The van der Waals surface area contributed by atoms with Crippen molar-refractivity contribution in [3.8, 4) is 11.8 Å². The fourth-order valence-corrected chi connectivity index (χ4v) is 3.12. The van der Waals surface area contributed by atoms with Gasteiger partial charge in [0.25, 0.3) is 0 Å². The van der Waals surface area contributed by atoms with E-state index in [0.717, 1.165) is 18.8 Å². The van der Waals surface area contributed by atoms with Crippen molar-refractivity contribution in [1.29, 1.82) is 0 Å². The maximum atomic E-state index is 3.34. The summed E-state index contributed by atoms with van der Waals surface area (Å²) in [5.74, 6) is 7.61. The zero-order chi connectivity index (χ0) is 17.0. The minimum atomic E-state index is 0.950. The van der Waals surface area contributed by atoms with Crippen LogP contribution < -0.4 is 0 Å². The van der Waals surface area contributed by atoms with E-state index in [-0.39, 0.29) is 0 Å². The number of hydrogen-bond acceptors (Lipinski definition) is 0. The average Bonchev–Trinajstić information content (AvgIpc) is 2.55. The molecule has 1 unspecified atom stereocenters. The van der Waals surface area contributed by atoms with E-state index < -0.39 is 0 Å². The van der Waals surface area contributed by atoms with E-state index >= 15 is 0 Å². The lowest BCUT2D eigenvalue weighted by Gasteiger charge is -2.10. The largest absolute Gasteiger partial charge is 0.103 e. The molecule has 0 N–H and O–H groups in total. The monoisotopic (exact) mass is 320 g/mol. The third kappa shape index (κ3) is 19.5. The number of unbranched alkanes of at least 4 members (excludes halogenated alkanes) is 12. The van der Waals surface area contributed by atoms with Gasteiger partial charge in [-0.3, -0.25) is 0 Å². The lowest BCUT2D eigenvalue weighted by Crippen LogP contribution is -1.95. The van der Waals surface area contributed by atoms with Gasteiger partial charge in [0, 0.05) is 12.8 Å². The highest BCUT2D eigenvalue weighted by Crippen LogP contribution is 2.18. The third-order valence-corrected chi connectivity index (χ3v) is 4.83. The Bertz CT molecular complexity index is 267. The van der Waals surface area contributed by atoms with Gasteiger partial charge in [-0.2, -0.15) is 0 Å². The Hall–Kier alpha value is -0.440. The van der Waals surface area contributed by atoms with Gasteiger partial charge in [0.1, 0.15) is 0 Å². The van der Waals surface area contributed by atoms with Gasteiger partial charge in [-0.1, -0.05) is 104 Å². The molecule has 0 radical (unpaired) electrons. The SMILES string of the molecule is CCCCCC#CCCCCCCCC(C)CCCCCCC. The molecule has 0 heterocycles. The van der Waals surface area contributed by atoms with Gasteiger partial charge in [0.05, 0.1) is 0 Å². The van der Waals surface area contributed by atoms with Crippen molar-refractivity contribution in [2.45, 2.75) is 130 Å². The van der Waals surface area contributed by atoms with Gasteiger partial charge in [-0.05, 0) is 18.8 Å². The first-order chi connectivity index (χ1) is 11.3. The molecular weight excluding hydrogens is 276 g/mol. The van der Waals surface area contributed by atoms with Crippen molar-refractivity contribution >= 4 is 0 Å². The van der Waals surface area contributed by atoms with Crippen LogP contribution in [0, 0.1) is 17.8 Å². The topological polar surface area (TPSA) is 0 Å². The van der Waals surface area contributed by atoms with Crippen molar-refractivity contribution in [2.24, 2.45) is 5.92 Å². The average molecular weight is 321 g/mol. The maximum Gasteiger partial charge on any atom is 0.00886 e. The van der Waals surface area contributed by atoms with E-state index in [4.69, 9.17) is 0 Å². The summed E-state index contributed by atoms with van der Waals surface area (Å²) in [5, 5.41) is 0. The highest BCUT2D eigenvalue weighted by molar-refractivity contribution is 4.98. The highest BCUT2D eigenvalue weighted by Gasteiger charge is 2.01. The van der Waals surface area contributed by atoms with Crippen LogP contribution in [-0.2, 0) is 0 Å². The molecule has 0 aromatic heterocycles. The molecule has 0 rings (SSSR count). The molecule has 0 spiro atoms. The van der Waals surface area contributed by atoms with E-state index in [9.17, 15) is 0 Å². The molecule has 0 aromatic rings. The van der Waals surface area contributed by atoms with Crippen LogP contribution in [0.3, 0.4) is 0 Å². The molecule has 1 atom stereocenters. The maximum absolute atomic E-state index is 3.34. The van der Waals surface area contributed by atoms with Gasteiger partial charge >= 0.3 is 0 Å². The summed E-state index contributed by atoms with van der Waals surface area (Å²) in [5.41, 5.74) is 0. The first-order valence-corrected chi connectivity index (χ1v) is 10.8. The molecule has 0 saturated carbocycles. The fourth-order valence-electron chi connectivity index (χ4n) is 3.12. The van der Waals surface area contributed by atoms with Crippen LogP contribution >= 0.6 is 0 Å². The molecular formula is C23H44. The van der Waals surface area contributed by atoms with E-state index in [1.807, 2.05) is 0 Å². The molecule has 0 saturated heterocycles. The van der Waals surface area contributed by atoms with Crippen LogP contribution in [0.2, 0.25) is 0 Å². The van der Waals surface area contributed by atoms with Gasteiger partial charge in [-0.15, -0.1) is 11.8 Å². The quantitative estimate of drug-likeness (QED) is 0.198. The second kappa shape index (κ2) is 19.6. The summed E-state index contributed by atoms with van der Waals surface area (Å²) < 4.78 is 0. The van der Waals surface area contributed by atoms with E-state index in [2.05, 4.69) is 32.6 Å². The summed E-state index contributed by atoms with van der Waals surface area (Å²) >= 11 is 0. The Balaban J connectivity index is 3.19. The Morgan fingerprint density at radius 2 is 0.913 bits per heavy atom. The predicted molar refractivity (Wildman–Crippen MR) is 107 cm³/mol. The smallest absolute Gasteiger partial charge is 0.00886 e. The van der Waals surface area contributed by atoms with Crippen LogP contribution in [0.5, 0.6) is 0 Å². The lowest BCUT2D eigenvalue weighted by molar-refractivity contribution is 0.433. The van der Waals surface area contributed by atoms with Crippen molar-refractivity contribution in [3.05, 3.63) is 0 Å². The van der Waals surface area contributed by atoms with Gasteiger partial charge in [-0.25, -0.2) is 0 Å². The van der Waals surface area contributed by atoms with E-state index in [1.54, 1.807) is 0 Å². The van der Waals surface area contributed by atoms with Crippen molar-refractivity contribution < 1.29 is 0 Å². The summed E-state index contributed by atoms with van der Waals surface area (Å²) in [4.78, 5) is 0. The minimum absolute atomic E-state index is 0.950. The zero-order valence-corrected chi connectivity index (χ0v) is 16.6. The first kappa shape index (κ1) is 22.6. The van der Waals surface area contributed by atoms with E-state index in [0.29, 0.717) is 0 Å². The van der Waals surface area contributed by atoms with E-state index in [1.165, 1.54) is 96.3 Å². The summed E-state index contributed by atoms with van der Waals surface area (Å²) in [6.45, 7) is 7.00. The second-order valence-corrected chi connectivity index (χ2v) is 7.43. The first-order valence-electron chi connectivity index (χ1n) is 10.8. The van der Waals surface area contributed by atoms with Crippen LogP contribution in [0.4, 0.5) is 0 Å². The Kier molecular flexibility index (Phi) is 19.2. The molecule has 0 bridgehead atoms. The molecule has 0 fully saturated rings. The second-order valence-electron chi connectivity index (χ2n) is 7.43. The Labute approximate surface area is 148 Å².